The van der Waals surface area contributed by atoms with Crippen LogP contribution in [0.15, 0.2) is 30.5 Å². The number of amides is 1. The highest BCUT2D eigenvalue weighted by Crippen LogP contribution is 2.15. The summed E-state index contributed by atoms with van der Waals surface area (Å²) in [6, 6.07) is 8.61. The van der Waals surface area contributed by atoms with Gasteiger partial charge in [-0.05, 0) is 32.0 Å². The van der Waals surface area contributed by atoms with Crippen molar-refractivity contribution in [1.82, 2.24) is 9.78 Å². The molecule has 0 saturated carbocycles. The number of nitrogens with zero attached hydrogens (tertiary/aromatic N) is 3. The fraction of sp³-hybridized carbons (Fsp3) is 0.214. The second-order valence-corrected chi connectivity index (χ2v) is 4.11. The fourth-order valence-corrected chi connectivity index (χ4v) is 1.81. The van der Waals surface area contributed by atoms with Crippen LogP contribution in [0.4, 0.5) is 5.69 Å². The van der Waals surface area contributed by atoms with Crippen LogP contribution in [0.3, 0.4) is 0 Å². The molecule has 0 aliphatic rings. The van der Waals surface area contributed by atoms with Gasteiger partial charge in [0.2, 0.25) is 0 Å². The number of aryl methyl sites for hydroxylation is 1. The molecule has 0 radical (unpaired) electrons. The Hall–Kier alpha value is -2.61. The molecule has 1 N–H and O–H groups in total. The molecule has 1 aromatic carbocycles. The molecule has 1 aromatic heterocycles. The van der Waals surface area contributed by atoms with Gasteiger partial charge in [-0.15, -0.1) is 0 Å². The monoisotopic (exact) mass is 254 g/mol. The molecular formula is C14H14N4O. The van der Waals surface area contributed by atoms with Crippen LogP contribution in [-0.2, 0) is 6.54 Å². The number of hydrogen-bond donors (Lipinski definition) is 1. The predicted molar refractivity (Wildman–Crippen MR) is 71.7 cm³/mol. The van der Waals surface area contributed by atoms with Gasteiger partial charge < -0.3 is 5.32 Å². The number of rotatable bonds is 3. The molecule has 5 nitrogen and oxygen atoms in total. The first-order chi connectivity index (χ1) is 9.15. The third-order valence-electron chi connectivity index (χ3n) is 2.90. The van der Waals surface area contributed by atoms with Crippen LogP contribution in [0, 0.1) is 18.3 Å². The molecule has 1 heterocycles. The summed E-state index contributed by atoms with van der Waals surface area (Å²) >= 11 is 0. The summed E-state index contributed by atoms with van der Waals surface area (Å²) in [6.07, 6.45) is 1.63. The summed E-state index contributed by atoms with van der Waals surface area (Å²) in [6.45, 7) is 4.64. The van der Waals surface area contributed by atoms with E-state index in [1.807, 2.05) is 19.9 Å². The van der Waals surface area contributed by atoms with E-state index in [0.29, 0.717) is 16.8 Å². The molecule has 0 fully saturated rings. The van der Waals surface area contributed by atoms with Gasteiger partial charge in [0, 0.05) is 12.1 Å². The molecule has 5 heteroatoms. The van der Waals surface area contributed by atoms with Gasteiger partial charge in [-0.3, -0.25) is 9.48 Å². The maximum absolute atomic E-state index is 12.1. The van der Waals surface area contributed by atoms with Crippen molar-refractivity contribution < 1.29 is 4.79 Å². The summed E-state index contributed by atoms with van der Waals surface area (Å²) in [5.41, 5.74) is 2.53. The summed E-state index contributed by atoms with van der Waals surface area (Å²) < 4.78 is 1.81. The van der Waals surface area contributed by atoms with Gasteiger partial charge in [-0.25, -0.2) is 0 Å². The van der Waals surface area contributed by atoms with Crippen molar-refractivity contribution in [2.24, 2.45) is 0 Å². The van der Waals surface area contributed by atoms with E-state index < -0.39 is 0 Å². The zero-order valence-corrected chi connectivity index (χ0v) is 10.8. The largest absolute Gasteiger partial charge is 0.319 e. The average molecular weight is 254 g/mol. The van der Waals surface area contributed by atoms with E-state index in [1.54, 1.807) is 35.1 Å². The molecule has 0 saturated heterocycles. The Morgan fingerprint density at radius 1 is 1.53 bits per heavy atom. The van der Waals surface area contributed by atoms with Gasteiger partial charge in [-0.1, -0.05) is 6.07 Å². The molecule has 2 rings (SSSR count). The normalized spacial score (nSPS) is 9.95. The van der Waals surface area contributed by atoms with Gasteiger partial charge >= 0.3 is 0 Å². The number of nitrogens with one attached hydrogen (secondary N) is 1. The Balaban J connectivity index is 2.21. The minimum atomic E-state index is -0.240. The highest BCUT2D eigenvalue weighted by Gasteiger charge is 2.11. The van der Waals surface area contributed by atoms with Crippen molar-refractivity contribution in [3.8, 4) is 6.07 Å². The highest BCUT2D eigenvalue weighted by atomic mass is 16.1. The van der Waals surface area contributed by atoms with Gasteiger partial charge in [0.05, 0.1) is 29.2 Å². The van der Waals surface area contributed by atoms with Crippen LogP contribution in [-0.4, -0.2) is 15.7 Å². The molecule has 0 aliphatic heterocycles. The maximum atomic E-state index is 12.1. The van der Waals surface area contributed by atoms with E-state index >= 15 is 0 Å². The predicted octanol–water partition coefficient (Wildman–Crippen LogP) is 2.34. The lowest BCUT2D eigenvalue weighted by molar-refractivity contribution is 0.102. The second-order valence-electron chi connectivity index (χ2n) is 4.11. The van der Waals surface area contributed by atoms with Crippen molar-refractivity contribution in [3.63, 3.8) is 0 Å². The van der Waals surface area contributed by atoms with E-state index in [9.17, 15) is 4.79 Å². The lowest BCUT2D eigenvalue weighted by Gasteiger charge is -2.05. The Bertz CT molecular complexity index is 652. The standard InChI is InChI=1S/C14H14N4O/c1-3-18-10(2)13(9-16-18)17-14(19)12-6-4-5-11(7-12)8-15/h4-7,9H,3H2,1-2H3,(H,17,19). The molecule has 0 aliphatic carbocycles. The lowest BCUT2D eigenvalue weighted by atomic mass is 10.1. The van der Waals surface area contributed by atoms with Crippen LogP contribution < -0.4 is 5.32 Å². The van der Waals surface area contributed by atoms with Gasteiger partial charge in [0.1, 0.15) is 0 Å². The minimum Gasteiger partial charge on any atom is -0.319 e. The Kier molecular flexibility index (Phi) is 3.62. The number of hydrogen-bond acceptors (Lipinski definition) is 3. The zero-order valence-electron chi connectivity index (χ0n) is 10.8. The van der Waals surface area contributed by atoms with Gasteiger partial charge in [-0.2, -0.15) is 10.4 Å². The highest BCUT2D eigenvalue weighted by molar-refractivity contribution is 6.04. The summed E-state index contributed by atoms with van der Waals surface area (Å²) in [5.74, 6) is -0.240. The molecule has 19 heavy (non-hydrogen) atoms. The zero-order chi connectivity index (χ0) is 13.8. The van der Waals surface area contributed by atoms with Crippen molar-refractivity contribution in [2.45, 2.75) is 20.4 Å². The van der Waals surface area contributed by atoms with Crippen LogP contribution >= 0.6 is 0 Å². The molecule has 0 unspecified atom stereocenters. The van der Waals surface area contributed by atoms with Gasteiger partial charge in [0.25, 0.3) is 5.91 Å². The molecule has 0 spiro atoms. The van der Waals surface area contributed by atoms with Crippen molar-refractivity contribution in [1.29, 1.82) is 5.26 Å². The molecule has 96 valence electrons. The molecule has 0 bridgehead atoms. The number of nitriles is 1. The summed E-state index contributed by atoms with van der Waals surface area (Å²) in [5, 5.41) is 15.8. The van der Waals surface area contributed by atoms with Crippen molar-refractivity contribution in [3.05, 3.63) is 47.3 Å². The number of carbonyl (C=O) groups excluding carboxylic acids is 1. The third kappa shape index (κ3) is 2.63. The van der Waals surface area contributed by atoms with Crippen LogP contribution in [0.1, 0.15) is 28.5 Å². The van der Waals surface area contributed by atoms with E-state index in [0.717, 1.165) is 12.2 Å². The number of benzene rings is 1. The molecule has 2 aromatic rings. The quantitative estimate of drug-likeness (QED) is 0.913. The maximum Gasteiger partial charge on any atom is 0.255 e. The van der Waals surface area contributed by atoms with E-state index in [4.69, 9.17) is 5.26 Å². The Labute approximate surface area is 111 Å². The first-order valence-corrected chi connectivity index (χ1v) is 5.99. The molecule has 1 amide bonds. The van der Waals surface area contributed by atoms with Crippen molar-refractivity contribution in [2.75, 3.05) is 5.32 Å². The second kappa shape index (κ2) is 5.36. The smallest absolute Gasteiger partial charge is 0.255 e. The SMILES string of the molecule is CCn1ncc(NC(=O)c2cccc(C#N)c2)c1C. The van der Waals surface area contributed by atoms with E-state index in [2.05, 4.69) is 10.4 Å². The first kappa shape index (κ1) is 12.8. The van der Waals surface area contributed by atoms with E-state index in [-0.39, 0.29) is 5.91 Å². The fourth-order valence-electron chi connectivity index (χ4n) is 1.81. The topological polar surface area (TPSA) is 70.7 Å². The lowest BCUT2D eigenvalue weighted by Crippen LogP contribution is -2.12. The number of anilines is 1. The van der Waals surface area contributed by atoms with Crippen molar-refractivity contribution >= 4 is 11.6 Å². The Morgan fingerprint density at radius 3 is 2.95 bits per heavy atom. The third-order valence-corrected chi connectivity index (χ3v) is 2.90. The first-order valence-electron chi connectivity index (χ1n) is 5.99. The van der Waals surface area contributed by atoms with Crippen LogP contribution in [0.25, 0.3) is 0 Å². The van der Waals surface area contributed by atoms with Gasteiger partial charge in [0.15, 0.2) is 0 Å². The molecular weight excluding hydrogens is 240 g/mol. The Morgan fingerprint density at radius 2 is 2.32 bits per heavy atom. The van der Waals surface area contributed by atoms with E-state index in [1.165, 1.54) is 0 Å². The van der Waals surface area contributed by atoms with Crippen LogP contribution in [0.2, 0.25) is 0 Å². The van der Waals surface area contributed by atoms with Crippen LogP contribution in [0.5, 0.6) is 0 Å². The number of carbonyl (C=O) groups is 1. The summed E-state index contributed by atoms with van der Waals surface area (Å²) in [7, 11) is 0. The average Bonchev–Trinajstić information content (AvgIpc) is 2.79. The summed E-state index contributed by atoms with van der Waals surface area (Å²) in [4.78, 5) is 12.1. The minimum absolute atomic E-state index is 0.240. The molecule has 0 atom stereocenters. The number of aromatic nitrogens is 2.